The standard InChI is InChI=1S/C35H26F3N5O6S/c1-18-31(19(2)49-42-18)26-10-7-22(25-4-3-12-40-33(25)26)14-29(35(45)46)41-34(44)32-27(36)16-23(17-28(32)37)43-50(47,48)24-8-5-20(6-9-24)21-11-13-39-30(38)15-21/h3-13,15-17,29,43H,14H2,1-2H3,(H,41,44)(H,45,46)/t29-/m0/s1. The van der Waals surface area contributed by atoms with Crippen molar-refractivity contribution in [3.8, 4) is 22.3 Å². The second-order valence-electron chi connectivity index (χ2n) is 11.3. The van der Waals surface area contributed by atoms with Crippen LogP contribution in [-0.2, 0) is 21.2 Å². The minimum atomic E-state index is -4.35. The van der Waals surface area contributed by atoms with Crippen LogP contribution in [-0.4, -0.2) is 46.6 Å². The molecule has 3 N–H and O–H groups in total. The number of aliphatic carboxylic acids is 1. The molecule has 11 nitrogen and oxygen atoms in total. The van der Waals surface area contributed by atoms with E-state index in [4.69, 9.17) is 4.52 Å². The molecule has 0 aliphatic heterocycles. The summed E-state index contributed by atoms with van der Waals surface area (Å²) >= 11 is 0. The second-order valence-corrected chi connectivity index (χ2v) is 12.9. The SMILES string of the molecule is Cc1noc(C)c1-c1ccc(C[C@H](NC(=O)c2c(F)cc(NS(=O)(=O)c3ccc(-c4ccnc(F)c4)cc3)cc2F)C(=O)O)c2cccnc12. The molecule has 0 spiro atoms. The van der Waals surface area contributed by atoms with Crippen LogP contribution in [0, 0.1) is 31.4 Å². The van der Waals surface area contributed by atoms with E-state index < -0.39 is 56.8 Å². The van der Waals surface area contributed by atoms with Crippen molar-refractivity contribution in [3.05, 3.63) is 125 Å². The van der Waals surface area contributed by atoms with Gasteiger partial charge in [0.15, 0.2) is 0 Å². The maximum atomic E-state index is 15.2. The number of nitrogens with zero attached hydrogens (tertiary/aromatic N) is 3. The Morgan fingerprint density at radius 1 is 0.900 bits per heavy atom. The van der Waals surface area contributed by atoms with Gasteiger partial charge in [-0.2, -0.15) is 4.39 Å². The van der Waals surface area contributed by atoms with Gasteiger partial charge < -0.3 is 14.9 Å². The van der Waals surface area contributed by atoms with Crippen molar-refractivity contribution in [2.24, 2.45) is 0 Å². The van der Waals surface area contributed by atoms with E-state index in [2.05, 4.69) is 25.2 Å². The maximum Gasteiger partial charge on any atom is 0.326 e. The van der Waals surface area contributed by atoms with Gasteiger partial charge in [-0.3, -0.25) is 14.5 Å². The minimum Gasteiger partial charge on any atom is -0.480 e. The van der Waals surface area contributed by atoms with E-state index in [-0.39, 0.29) is 11.3 Å². The average Bonchev–Trinajstić information content (AvgIpc) is 3.41. The maximum absolute atomic E-state index is 15.2. The van der Waals surface area contributed by atoms with Crippen molar-refractivity contribution >= 4 is 38.5 Å². The first kappa shape index (κ1) is 33.8. The minimum absolute atomic E-state index is 0.259. The monoisotopic (exact) mass is 701 g/mol. The molecule has 3 heterocycles. The molecule has 6 aromatic rings. The van der Waals surface area contributed by atoms with Crippen LogP contribution in [0.25, 0.3) is 33.2 Å². The van der Waals surface area contributed by atoms with Gasteiger partial charge in [0.1, 0.15) is 29.0 Å². The number of amides is 1. The number of nitrogens with one attached hydrogen (secondary N) is 2. The summed E-state index contributed by atoms with van der Waals surface area (Å²) in [4.78, 5) is 33.0. The van der Waals surface area contributed by atoms with Crippen LogP contribution in [0.1, 0.15) is 27.4 Å². The first-order valence-electron chi connectivity index (χ1n) is 14.9. The lowest BCUT2D eigenvalue weighted by Gasteiger charge is -2.18. The summed E-state index contributed by atoms with van der Waals surface area (Å²) in [6.07, 6.45) is 2.57. The number of carboxylic acids is 1. The molecule has 3 aromatic carbocycles. The Labute approximate surface area is 282 Å². The predicted molar refractivity (Wildman–Crippen MR) is 176 cm³/mol. The number of hydrogen-bond acceptors (Lipinski definition) is 8. The highest BCUT2D eigenvalue weighted by Gasteiger charge is 2.27. The van der Waals surface area contributed by atoms with Gasteiger partial charge in [0.05, 0.1) is 21.8 Å². The van der Waals surface area contributed by atoms with Gasteiger partial charge in [0.25, 0.3) is 15.9 Å². The van der Waals surface area contributed by atoms with Crippen molar-refractivity contribution in [2.45, 2.75) is 31.2 Å². The van der Waals surface area contributed by atoms with Crippen LogP contribution in [0.4, 0.5) is 18.9 Å². The molecule has 0 saturated heterocycles. The van der Waals surface area contributed by atoms with Gasteiger partial charge in [-0.05, 0) is 66.9 Å². The Kier molecular flexibility index (Phi) is 9.08. The molecule has 15 heteroatoms. The summed E-state index contributed by atoms with van der Waals surface area (Å²) in [5.41, 5.74) is 2.41. The molecule has 1 amide bonds. The Morgan fingerprint density at radius 3 is 2.26 bits per heavy atom. The molecule has 0 fully saturated rings. The molecule has 0 bridgehead atoms. The largest absolute Gasteiger partial charge is 0.480 e. The van der Waals surface area contributed by atoms with Gasteiger partial charge in [0.2, 0.25) is 5.95 Å². The summed E-state index contributed by atoms with van der Waals surface area (Å²) in [7, 11) is -4.35. The molecule has 0 unspecified atom stereocenters. The fourth-order valence-electron chi connectivity index (χ4n) is 5.60. The second kappa shape index (κ2) is 13.4. The lowest BCUT2D eigenvalue weighted by atomic mass is 9.94. The molecule has 3 aromatic heterocycles. The number of rotatable bonds is 10. The van der Waals surface area contributed by atoms with E-state index >= 15 is 8.78 Å². The number of carbonyl (C=O) groups excluding carboxylic acids is 1. The lowest BCUT2D eigenvalue weighted by molar-refractivity contribution is -0.139. The summed E-state index contributed by atoms with van der Waals surface area (Å²) in [6, 6.07) is 14.4. The first-order valence-corrected chi connectivity index (χ1v) is 16.4. The van der Waals surface area contributed by atoms with E-state index in [1.54, 1.807) is 44.3 Å². The zero-order valence-corrected chi connectivity index (χ0v) is 27.1. The number of hydrogen-bond donors (Lipinski definition) is 3. The molecule has 0 aliphatic rings. The van der Waals surface area contributed by atoms with Crippen LogP contribution in [0.15, 0.2) is 94.6 Å². The van der Waals surface area contributed by atoms with Crippen LogP contribution in [0.3, 0.4) is 0 Å². The van der Waals surface area contributed by atoms with Gasteiger partial charge in [-0.1, -0.05) is 35.5 Å². The zero-order valence-electron chi connectivity index (χ0n) is 26.2. The lowest BCUT2D eigenvalue weighted by Crippen LogP contribution is -2.43. The first-order chi connectivity index (χ1) is 23.8. The van der Waals surface area contributed by atoms with Crippen LogP contribution >= 0.6 is 0 Å². The third-order valence-corrected chi connectivity index (χ3v) is 9.33. The van der Waals surface area contributed by atoms with E-state index in [9.17, 15) is 27.5 Å². The molecule has 6 rings (SSSR count). The topological polar surface area (TPSA) is 164 Å². The third-order valence-electron chi connectivity index (χ3n) is 7.94. The Hall–Kier alpha value is -6.09. The highest BCUT2D eigenvalue weighted by atomic mass is 32.2. The number of fused-ring (bicyclic) bond motifs is 1. The van der Waals surface area contributed by atoms with Gasteiger partial charge >= 0.3 is 5.97 Å². The number of sulfonamides is 1. The van der Waals surface area contributed by atoms with E-state index in [1.807, 2.05) is 0 Å². The molecule has 254 valence electrons. The average molecular weight is 702 g/mol. The molecule has 1 atom stereocenters. The highest BCUT2D eigenvalue weighted by Crippen LogP contribution is 2.34. The molecular weight excluding hydrogens is 675 g/mol. The fraction of sp³-hybridized carbons (Fsp3) is 0.114. The fourth-order valence-corrected chi connectivity index (χ4v) is 6.64. The number of anilines is 1. The number of aromatic nitrogens is 3. The predicted octanol–water partition coefficient (Wildman–Crippen LogP) is 6.21. The summed E-state index contributed by atoms with van der Waals surface area (Å²) in [5.74, 6) is -5.84. The van der Waals surface area contributed by atoms with Crippen LogP contribution in [0.5, 0.6) is 0 Å². The van der Waals surface area contributed by atoms with Crippen molar-refractivity contribution < 1.29 is 40.8 Å². The number of benzene rings is 3. The molecule has 0 aliphatic carbocycles. The van der Waals surface area contributed by atoms with E-state index in [0.29, 0.717) is 56.7 Å². The zero-order chi connectivity index (χ0) is 35.7. The Balaban J connectivity index is 1.21. The Morgan fingerprint density at radius 2 is 1.62 bits per heavy atom. The van der Waals surface area contributed by atoms with E-state index in [1.165, 1.54) is 42.6 Å². The number of pyridine rings is 2. The van der Waals surface area contributed by atoms with Crippen molar-refractivity contribution in [1.82, 2.24) is 20.4 Å². The quantitative estimate of drug-likeness (QED) is 0.141. The van der Waals surface area contributed by atoms with Gasteiger partial charge in [-0.25, -0.2) is 27.0 Å². The molecule has 0 saturated carbocycles. The number of carboxylic acid groups (broad SMARTS) is 1. The number of aryl methyl sites for hydroxylation is 2. The van der Waals surface area contributed by atoms with Crippen LogP contribution < -0.4 is 10.0 Å². The molecule has 50 heavy (non-hydrogen) atoms. The van der Waals surface area contributed by atoms with Gasteiger partial charge in [-0.15, -0.1) is 0 Å². The van der Waals surface area contributed by atoms with Crippen molar-refractivity contribution in [2.75, 3.05) is 4.72 Å². The molecule has 0 radical (unpaired) electrons. The van der Waals surface area contributed by atoms with Gasteiger partial charge in [0, 0.05) is 41.4 Å². The Bertz CT molecular complexity index is 2360. The summed E-state index contributed by atoms with van der Waals surface area (Å²) in [6.45, 7) is 3.53. The highest BCUT2D eigenvalue weighted by molar-refractivity contribution is 7.92. The van der Waals surface area contributed by atoms with Crippen LogP contribution in [0.2, 0.25) is 0 Å². The summed E-state index contributed by atoms with van der Waals surface area (Å²) in [5, 5.41) is 16.7. The van der Waals surface area contributed by atoms with Crippen molar-refractivity contribution in [3.63, 3.8) is 0 Å². The third kappa shape index (κ3) is 6.75. The summed E-state index contributed by atoms with van der Waals surface area (Å²) < 4.78 is 77.2. The molecular formula is C35H26F3N5O6S. The number of carbonyl (C=O) groups is 2. The smallest absolute Gasteiger partial charge is 0.326 e. The van der Waals surface area contributed by atoms with Crippen molar-refractivity contribution in [1.29, 1.82) is 0 Å². The normalized spacial score (nSPS) is 12.1. The van der Waals surface area contributed by atoms with E-state index in [0.717, 1.165) is 5.56 Å². The number of halogens is 3.